The van der Waals surface area contributed by atoms with Crippen molar-refractivity contribution in [3.8, 4) is 11.5 Å². The van der Waals surface area contributed by atoms with Crippen LogP contribution in [0.1, 0.15) is 81.9 Å². The minimum absolute atomic E-state index is 0.00621. The van der Waals surface area contributed by atoms with Crippen molar-refractivity contribution < 1.29 is 40.0 Å². The lowest BCUT2D eigenvalue weighted by Crippen LogP contribution is -2.16. The highest BCUT2D eigenvalue weighted by atomic mass is 35.5. The number of rotatable bonds is 16. The first kappa shape index (κ1) is 46.9. The minimum atomic E-state index is -3.72. The first-order chi connectivity index (χ1) is 23.6. The Balaban J connectivity index is 0.000000398. The fraction of sp³-hybridized carbons (Fsp3) is 0.455. The highest BCUT2D eigenvalue weighted by Crippen LogP contribution is 2.40. The van der Waals surface area contributed by atoms with E-state index in [9.17, 15) is 35.5 Å². The van der Waals surface area contributed by atoms with Crippen LogP contribution in [0.3, 0.4) is 0 Å². The average molecular weight is 853 g/mol. The standard InChI is InChI=1S/C14H13Cl2NO3S.C11H15Cl2NO3S.C8H18O3S/c1-9-11(15)7-12(14(18)13(9)16)17-21(19,20)8-10-5-3-2-4-6-10;1-3-4-5-18(16,17)14-9-6-8(12)7(2)10(13)11(9)15;1-2-3-4-5-6-7-8-12(9,10)11/h2-7,17-18H,8H2,1H3;6,14-15H,3-5H2,1-2H3;2-8H2,1H3,(H,9,10,11). The van der Waals surface area contributed by atoms with Crippen molar-refractivity contribution in [3.63, 3.8) is 0 Å². The molecule has 0 fully saturated rings. The van der Waals surface area contributed by atoms with Crippen molar-refractivity contribution in [2.45, 2.75) is 84.8 Å². The summed E-state index contributed by atoms with van der Waals surface area (Å²) < 4.78 is 81.2. The van der Waals surface area contributed by atoms with E-state index in [1.165, 1.54) is 31.4 Å². The number of halogens is 4. The van der Waals surface area contributed by atoms with Gasteiger partial charge in [-0.25, -0.2) is 16.8 Å². The van der Waals surface area contributed by atoms with E-state index in [1.54, 1.807) is 44.2 Å². The van der Waals surface area contributed by atoms with Crippen LogP contribution in [0.4, 0.5) is 11.4 Å². The molecule has 0 aromatic heterocycles. The van der Waals surface area contributed by atoms with Crippen LogP contribution in [-0.4, -0.2) is 51.5 Å². The molecule has 11 nitrogen and oxygen atoms in total. The monoisotopic (exact) mass is 850 g/mol. The van der Waals surface area contributed by atoms with Crippen LogP contribution >= 0.6 is 46.4 Å². The molecule has 3 aromatic rings. The summed E-state index contributed by atoms with van der Waals surface area (Å²) in [6.07, 6.45) is 7.45. The minimum Gasteiger partial charge on any atom is -0.504 e. The summed E-state index contributed by atoms with van der Waals surface area (Å²) in [4.78, 5) is 0. The molecule has 0 amide bonds. The fourth-order valence-electron chi connectivity index (χ4n) is 4.18. The van der Waals surface area contributed by atoms with Gasteiger partial charge >= 0.3 is 0 Å². The number of aromatic hydroxyl groups is 2. The summed E-state index contributed by atoms with van der Waals surface area (Å²) in [5, 5.41) is 20.3. The Labute approximate surface area is 322 Å². The third-order valence-corrected chi connectivity index (χ3v) is 12.2. The van der Waals surface area contributed by atoms with Crippen LogP contribution in [0.15, 0.2) is 42.5 Å². The SMILES string of the molecule is CCCCCCCCS(=O)(=O)O.CCCCS(=O)(=O)Nc1cc(Cl)c(C)c(Cl)c1O.Cc1c(Cl)cc(NS(=O)(=O)Cc2ccccc2)c(O)c1Cl. The quantitative estimate of drug-likeness (QED) is 0.0531. The number of anilines is 2. The number of benzene rings is 3. The molecule has 51 heavy (non-hydrogen) atoms. The van der Waals surface area contributed by atoms with E-state index < -0.39 is 30.2 Å². The van der Waals surface area contributed by atoms with Crippen LogP contribution < -0.4 is 9.44 Å². The number of hydrogen-bond acceptors (Lipinski definition) is 8. The van der Waals surface area contributed by atoms with E-state index >= 15 is 0 Å². The Morgan fingerprint density at radius 1 is 0.608 bits per heavy atom. The topological polar surface area (TPSA) is 187 Å². The van der Waals surface area contributed by atoms with Crippen molar-refractivity contribution in [2.75, 3.05) is 20.9 Å². The molecule has 0 saturated heterocycles. The summed E-state index contributed by atoms with van der Waals surface area (Å²) in [5.41, 5.74) is 1.60. The summed E-state index contributed by atoms with van der Waals surface area (Å²) in [6, 6.07) is 11.4. The largest absolute Gasteiger partial charge is 0.504 e. The molecule has 288 valence electrons. The first-order valence-electron chi connectivity index (χ1n) is 16.0. The van der Waals surface area contributed by atoms with E-state index in [-0.39, 0.29) is 55.2 Å². The van der Waals surface area contributed by atoms with Crippen LogP contribution in [-0.2, 0) is 35.9 Å². The highest BCUT2D eigenvalue weighted by molar-refractivity contribution is 7.92. The predicted molar refractivity (Wildman–Crippen MR) is 211 cm³/mol. The molecule has 0 spiro atoms. The molecule has 0 atom stereocenters. The van der Waals surface area contributed by atoms with Gasteiger partial charge < -0.3 is 10.2 Å². The molecule has 0 unspecified atom stereocenters. The number of phenols is 2. The van der Waals surface area contributed by atoms with Gasteiger partial charge in [-0.15, -0.1) is 0 Å². The molecule has 0 radical (unpaired) electrons. The molecule has 3 rings (SSSR count). The number of hydrogen-bond donors (Lipinski definition) is 5. The molecule has 0 aliphatic carbocycles. The Bertz CT molecular complexity index is 1900. The maximum atomic E-state index is 12.1. The normalized spacial score (nSPS) is 11.5. The van der Waals surface area contributed by atoms with Gasteiger partial charge in [0.05, 0.1) is 38.7 Å². The molecule has 0 aliphatic rings. The molecule has 0 aliphatic heterocycles. The zero-order chi connectivity index (χ0) is 39.0. The van der Waals surface area contributed by atoms with Crippen molar-refractivity contribution in [2.24, 2.45) is 0 Å². The zero-order valence-electron chi connectivity index (χ0n) is 28.8. The Hall–Kier alpha value is -2.17. The highest BCUT2D eigenvalue weighted by Gasteiger charge is 2.19. The smallest absolute Gasteiger partial charge is 0.264 e. The maximum Gasteiger partial charge on any atom is 0.264 e. The molecule has 0 bridgehead atoms. The zero-order valence-corrected chi connectivity index (χ0v) is 34.3. The first-order valence-corrected chi connectivity index (χ1v) is 22.4. The van der Waals surface area contributed by atoms with Gasteiger partial charge in [-0.2, -0.15) is 8.42 Å². The van der Waals surface area contributed by atoms with E-state index in [0.29, 0.717) is 34.6 Å². The van der Waals surface area contributed by atoms with Crippen LogP contribution in [0.5, 0.6) is 11.5 Å². The summed E-state index contributed by atoms with van der Waals surface area (Å²) >= 11 is 23.6. The second-order valence-corrected chi connectivity index (χ2v) is 18.3. The van der Waals surface area contributed by atoms with Crippen molar-refractivity contribution in [1.82, 2.24) is 0 Å². The van der Waals surface area contributed by atoms with Crippen LogP contribution in [0.25, 0.3) is 0 Å². The Kier molecular flexibility index (Phi) is 20.3. The van der Waals surface area contributed by atoms with Gasteiger partial charge in [-0.3, -0.25) is 14.0 Å². The average Bonchev–Trinajstić information content (AvgIpc) is 3.05. The third-order valence-electron chi connectivity index (χ3n) is 7.10. The summed E-state index contributed by atoms with van der Waals surface area (Å²) in [6.45, 7) is 7.30. The van der Waals surface area contributed by atoms with E-state index in [2.05, 4.69) is 16.4 Å². The number of unbranched alkanes of at least 4 members (excludes halogenated alkanes) is 6. The lowest BCUT2D eigenvalue weighted by molar-refractivity contribution is 0.477. The van der Waals surface area contributed by atoms with Crippen LogP contribution in [0, 0.1) is 13.8 Å². The van der Waals surface area contributed by atoms with Gasteiger partial charge in [0, 0.05) is 10.0 Å². The molecule has 0 heterocycles. The molecule has 5 N–H and O–H groups in total. The van der Waals surface area contributed by atoms with Gasteiger partial charge in [-0.1, -0.05) is 129 Å². The van der Waals surface area contributed by atoms with Gasteiger partial charge in [0.2, 0.25) is 20.0 Å². The summed E-state index contributed by atoms with van der Waals surface area (Å²) in [7, 11) is -10.9. The van der Waals surface area contributed by atoms with Gasteiger partial charge in [-0.05, 0) is 55.5 Å². The molecular weight excluding hydrogens is 806 g/mol. The van der Waals surface area contributed by atoms with E-state index in [4.69, 9.17) is 51.0 Å². The fourth-order valence-corrected chi connectivity index (χ4v) is 8.11. The Morgan fingerprint density at radius 3 is 1.49 bits per heavy atom. The molecule has 0 saturated carbocycles. The second kappa shape index (κ2) is 22.1. The lowest BCUT2D eigenvalue weighted by atomic mass is 10.1. The van der Waals surface area contributed by atoms with E-state index in [1.807, 2.05) is 6.92 Å². The van der Waals surface area contributed by atoms with Crippen LogP contribution in [0.2, 0.25) is 20.1 Å². The summed E-state index contributed by atoms with van der Waals surface area (Å²) in [5.74, 6) is -0.949. The molecule has 18 heteroatoms. The predicted octanol–water partition coefficient (Wildman–Crippen LogP) is 9.73. The van der Waals surface area contributed by atoms with Crippen molar-refractivity contribution in [1.29, 1.82) is 0 Å². The van der Waals surface area contributed by atoms with Gasteiger partial charge in [0.15, 0.2) is 11.5 Å². The van der Waals surface area contributed by atoms with Gasteiger partial charge in [0.1, 0.15) is 0 Å². The van der Waals surface area contributed by atoms with Gasteiger partial charge in [0.25, 0.3) is 10.1 Å². The number of sulfonamides is 2. The molecular formula is C33H46Cl4N2O9S3. The van der Waals surface area contributed by atoms with Crippen molar-refractivity contribution in [3.05, 3.63) is 79.2 Å². The maximum absolute atomic E-state index is 12.1. The second-order valence-electron chi connectivity index (χ2n) is 11.6. The lowest BCUT2D eigenvalue weighted by Gasteiger charge is -2.13. The third kappa shape index (κ3) is 17.9. The Morgan fingerprint density at radius 2 is 1.04 bits per heavy atom. The molecule has 3 aromatic carbocycles. The van der Waals surface area contributed by atoms with E-state index in [0.717, 1.165) is 19.3 Å². The number of nitrogens with one attached hydrogen (secondary N) is 2. The number of phenolic OH excluding ortho intramolecular Hbond substituents is 2. The van der Waals surface area contributed by atoms with Crippen molar-refractivity contribution >= 4 is 87.9 Å².